The molecular weight excluding hydrogens is 292 g/mol. The molecule has 2 aromatic rings. The summed E-state index contributed by atoms with van der Waals surface area (Å²) in [6, 6.07) is 0.200. The van der Waals surface area contributed by atoms with Crippen molar-refractivity contribution >= 4 is 5.82 Å². The molecule has 7 nitrogen and oxygen atoms in total. The Kier molecular flexibility index (Phi) is 5.92. The summed E-state index contributed by atoms with van der Waals surface area (Å²) in [4.78, 5) is 10.8. The average Bonchev–Trinajstić information content (AvgIpc) is 2.92. The lowest BCUT2D eigenvalue weighted by Crippen LogP contribution is -2.26. The SMILES string of the molecule is CC(C)COc1cncc(NCC(c2cnn(C)c2)N(C)C)n1. The molecule has 1 N–H and O–H groups in total. The van der Waals surface area contributed by atoms with Gasteiger partial charge in [0, 0.05) is 25.4 Å². The van der Waals surface area contributed by atoms with Crippen LogP contribution in [0.25, 0.3) is 0 Å². The van der Waals surface area contributed by atoms with E-state index in [1.165, 1.54) is 0 Å². The van der Waals surface area contributed by atoms with Gasteiger partial charge in [0.15, 0.2) is 0 Å². The van der Waals surface area contributed by atoms with E-state index < -0.39 is 0 Å². The van der Waals surface area contributed by atoms with Crippen LogP contribution < -0.4 is 10.1 Å². The normalized spacial score (nSPS) is 12.7. The predicted octanol–water partition coefficient (Wildman–Crippen LogP) is 1.96. The predicted molar refractivity (Wildman–Crippen MR) is 90.5 cm³/mol. The van der Waals surface area contributed by atoms with Gasteiger partial charge < -0.3 is 15.0 Å². The molecule has 0 bridgehead atoms. The van der Waals surface area contributed by atoms with E-state index in [1.54, 1.807) is 12.4 Å². The Balaban J connectivity index is 1.99. The third kappa shape index (κ3) is 5.21. The van der Waals surface area contributed by atoms with Gasteiger partial charge in [-0.15, -0.1) is 0 Å². The molecular formula is C16H26N6O. The van der Waals surface area contributed by atoms with Gasteiger partial charge in [0.05, 0.1) is 31.2 Å². The third-order valence-corrected chi connectivity index (χ3v) is 3.39. The Labute approximate surface area is 137 Å². The Morgan fingerprint density at radius 2 is 2.04 bits per heavy atom. The van der Waals surface area contributed by atoms with E-state index in [9.17, 15) is 0 Å². The van der Waals surface area contributed by atoms with E-state index in [-0.39, 0.29) is 6.04 Å². The van der Waals surface area contributed by atoms with Crippen molar-refractivity contribution in [2.75, 3.05) is 32.6 Å². The number of rotatable bonds is 8. The van der Waals surface area contributed by atoms with Gasteiger partial charge >= 0.3 is 0 Å². The highest BCUT2D eigenvalue weighted by molar-refractivity contribution is 5.34. The van der Waals surface area contributed by atoms with Gasteiger partial charge in [0.1, 0.15) is 5.82 Å². The summed E-state index contributed by atoms with van der Waals surface area (Å²) in [5, 5.41) is 7.57. The maximum atomic E-state index is 5.61. The second kappa shape index (κ2) is 7.92. The minimum Gasteiger partial charge on any atom is -0.476 e. The zero-order valence-electron chi connectivity index (χ0n) is 14.5. The molecule has 2 aromatic heterocycles. The fourth-order valence-corrected chi connectivity index (χ4v) is 2.17. The van der Waals surface area contributed by atoms with E-state index in [0.717, 1.165) is 5.56 Å². The van der Waals surface area contributed by atoms with Gasteiger partial charge in [-0.3, -0.25) is 9.67 Å². The Morgan fingerprint density at radius 3 is 2.65 bits per heavy atom. The Morgan fingerprint density at radius 1 is 1.26 bits per heavy atom. The number of nitrogens with one attached hydrogen (secondary N) is 1. The van der Waals surface area contributed by atoms with Gasteiger partial charge in [0.25, 0.3) is 0 Å². The van der Waals surface area contributed by atoms with Crippen LogP contribution >= 0.6 is 0 Å². The summed E-state index contributed by atoms with van der Waals surface area (Å²) in [5.74, 6) is 1.71. The number of hydrogen-bond acceptors (Lipinski definition) is 6. The fourth-order valence-electron chi connectivity index (χ4n) is 2.17. The lowest BCUT2D eigenvalue weighted by atomic mass is 10.1. The number of ether oxygens (including phenoxy) is 1. The van der Waals surface area contributed by atoms with E-state index in [1.807, 2.05) is 38.2 Å². The third-order valence-electron chi connectivity index (χ3n) is 3.39. The Bertz CT molecular complexity index is 610. The molecule has 0 radical (unpaired) electrons. The highest BCUT2D eigenvalue weighted by Gasteiger charge is 2.16. The number of anilines is 1. The lowest BCUT2D eigenvalue weighted by molar-refractivity contribution is 0.260. The minimum atomic E-state index is 0.200. The van der Waals surface area contributed by atoms with E-state index >= 15 is 0 Å². The van der Waals surface area contributed by atoms with Crippen LogP contribution in [0.4, 0.5) is 5.82 Å². The van der Waals surface area contributed by atoms with Crippen molar-refractivity contribution in [1.29, 1.82) is 0 Å². The van der Waals surface area contributed by atoms with Crippen LogP contribution in [0.2, 0.25) is 0 Å². The van der Waals surface area contributed by atoms with Crippen molar-refractivity contribution in [1.82, 2.24) is 24.6 Å². The molecule has 0 aliphatic rings. The van der Waals surface area contributed by atoms with Crippen LogP contribution in [0.5, 0.6) is 5.88 Å². The first-order valence-corrected chi connectivity index (χ1v) is 7.79. The summed E-state index contributed by atoms with van der Waals surface area (Å²) in [5.41, 5.74) is 1.16. The molecule has 0 aliphatic heterocycles. The zero-order chi connectivity index (χ0) is 16.8. The van der Waals surface area contributed by atoms with Crippen LogP contribution in [0, 0.1) is 5.92 Å². The first-order valence-electron chi connectivity index (χ1n) is 7.79. The first-order chi connectivity index (χ1) is 11.0. The van der Waals surface area contributed by atoms with Crippen molar-refractivity contribution in [3.8, 4) is 5.88 Å². The van der Waals surface area contributed by atoms with Crippen LogP contribution in [-0.2, 0) is 7.05 Å². The van der Waals surface area contributed by atoms with Gasteiger partial charge in [-0.25, -0.2) is 0 Å². The number of aromatic nitrogens is 4. The molecule has 2 rings (SSSR count). The molecule has 23 heavy (non-hydrogen) atoms. The summed E-state index contributed by atoms with van der Waals surface area (Å²) in [7, 11) is 6.02. The molecule has 1 atom stereocenters. The second-order valence-corrected chi connectivity index (χ2v) is 6.26. The quantitative estimate of drug-likeness (QED) is 0.802. The highest BCUT2D eigenvalue weighted by Crippen LogP contribution is 2.18. The topological polar surface area (TPSA) is 68.1 Å². The van der Waals surface area contributed by atoms with Crippen LogP contribution in [0.3, 0.4) is 0 Å². The number of likely N-dealkylation sites (N-methyl/N-ethyl adjacent to an activating group) is 1. The molecule has 1 unspecified atom stereocenters. The van der Waals surface area contributed by atoms with Crippen LogP contribution in [0.1, 0.15) is 25.5 Å². The standard InChI is InChI=1S/C16H26N6O/c1-12(2)11-23-16-9-17-8-15(20-16)18-7-14(21(3)4)13-6-19-22(5)10-13/h6,8-10,12,14H,7,11H2,1-5H3,(H,18,20). The van der Waals surface area contributed by atoms with E-state index in [2.05, 4.69) is 39.1 Å². The highest BCUT2D eigenvalue weighted by atomic mass is 16.5. The maximum absolute atomic E-state index is 5.61. The number of nitrogens with zero attached hydrogens (tertiary/aromatic N) is 5. The lowest BCUT2D eigenvalue weighted by Gasteiger charge is -2.23. The van der Waals surface area contributed by atoms with E-state index in [0.29, 0.717) is 30.8 Å². The average molecular weight is 318 g/mol. The molecule has 0 spiro atoms. The summed E-state index contributed by atoms with van der Waals surface area (Å²) < 4.78 is 7.42. The maximum Gasteiger partial charge on any atom is 0.234 e. The minimum absolute atomic E-state index is 0.200. The molecule has 0 aliphatic carbocycles. The van der Waals surface area contributed by atoms with Crippen LogP contribution in [0.15, 0.2) is 24.8 Å². The van der Waals surface area contributed by atoms with Crippen molar-refractivity contribution in [3.05, 3.63) is 30.4 Å². The van der Waals surface area contributed by atoms with Gasteiger partial charge in [-0.2, -0.15) is 10.1 Å². The Hall–Kier alpha value is -2.15. The van der Waals surface area contributed by atoms with Gasteiger partial charge in [-0.05, 0) is 20.0 Å². The molecule has 0 saturated carbocycles. The van der Waals surface area contributed by atoms with Gasteiger partial charge in [-0.1, -0.05) is 13.8 Å². The molecule has 0 aromatic carbocycles. The van der Waals surface area contributed by atoms with Crippen molar-refractivity contribution in [2.45, 2.75) is 19.9 Å². The summed E-state index contributed by atoms with van der Waals surface area (Å²) in [6.07, 6.45) is 7.26. The number of hydrogen-bond donors (Lipinski definition) is 1. The molecule has 0 saturated heterocycles. The molecule has 0 fully saturated rings. The summed E-state index contributed by atoms with van der Waals surface area (Å²) in [6.45, 7) is 5.55. The fraction of sp³-hybridized carbons (Fsp3) is 0.562. The molecule has 2 heterocycles. The van der Waals surface area contributed by atoms with Crippen molar-refractivity contribution < 1.29 is 4.74 Å². The first kappa shape index (κ1) is 17.2. The van der Waals surface area contributed by atoms with Crippen molar-refractivity contribution in [2.24, 2.45) is 13.0 Å². The second-order valence-electron chi connectivity index (χ2n) is 6.26. The van der Waals surface area contributed by atoms with Crippen molar-refractivity contribution in [3.63, 3.8) is 0 Å². The molecule has 7 heteroatoms. The smallest absolute Gasteiger partial charge is 0.234 e. The van der Waals surface area contributed by atoms with E-state index in [4.69, 9.17) is 4.74 Å². The summed E-state index contributed by atoms with van der Waals surface area (Å²) >= 11 is 0. The monoisotopic (exact) mass is 318 g/mol. The van der Waals surface area contributed by atoms with Crippen LogP contribution in [-0.4, -0.2) is 51.9 Å². The molecule has 126 valence electrons. The number of aryl methyl sites for hydroxylation is 1. The largest absolute Gasteiger partial charge is 0.476 e. The zero-order valence-corrected chi connectivity index (χ0v) is 14.5. The molecule has 0 amide bonds. The van der Waals surface area contributed by atoms with Gasteiger partial charge in [0.2, 0.25) is 5.88 Å².